The fraction of sp³-hybridized carbons (Fsp3) is 0.300. The zero-order valence-corrected chi connectivity index (χ0v) is 9.09. The van der Waals surface area contributed by atoms with Crippen LogP contribution >= 0.6 is 0 Å². The molecule has 0 aliphatic carbocycles. The van der Waals surface area contributed by atoms with Crippen LogP contribution < -0.4 is 11.5 Å². The molecule has 0 saturated heterocycles. The highest BCUT2D eigenvalue weighted by atomic mass is 15.1. The maximum Gasteiger partial charge on any atom is 0.222 e. The summed E-state index contributed by atoms with van der Waals surface area (Å²) in [5.41, 5.74) is 11.9. The van der Waals surface area contributed by atoms with E-state index in [9.17, 15) is 0 Å². The van der Waals surface area contributed by atoms with Crippen molar-refractivity contribution in [2.24, 2.45) is 0 Å². The molecule has 0 spiro atoms. The summed E-state index contributed by atoms with van der Waals surface area (Å²) in [6.07, 6.45) is 4.31. The summed E-state index contributed by atoms with van der Waals surface area (Å²) in [5, 5.41) is 0. The topological polar surface area (TPSA) is 95.6 Å². The highest BCUT2D eigenvalue weighted by Gasteiger charge is 2.06. The maximum absolute atomic E-state index is 5.60. The van der Waals surface area contributed by atoms with Gasteiger partial charge in [0.1, 0.15) is 11.6 Å². The Kier molecular flexibility index (Phi) is 2.72. The van der Waals surface area contributed by atoms with Crippen molar-refractivity contribution in [1.29, 1.82) is 0 Å². The number of rotatable bonds is 3. The van der Waals surface area contributed by atoms with Crippen molar-refractivity contribution in [3.8, 4) is 0 Å². The first-order valence-electron chi connectivity index (χ1n) is 5.08. The van der Waals surface area contributed by atoms with E-state index in [2.05, 4.69) is 26.4 Å². The smallest absolute Gasteiger partial charge is 0.222 e. The van der Waals surface area contributed by atoms with Gasteiger partial charge in [-0.15, -0.1) is 0 Å². The molecular formula is C10H14N6. The Bertz CT molecular complexity index is 470. The van der Waals surface area contributed by atoms with E-state index in [1.165, 1.54) is 0 Å². The second-order valence-corrected chi connectivity index (χ2v) is 3.45. The summed E-state index contributed by atoms with van der Waals surface area (Å²) in [7, 11) is 0. The van der Waals surface area contributed by atoms with Crippen LogP contribution in [0.15, 0.2) is 18.5 Å². The molecule has 84 valence electrons. The van der Waals surface area contributed by atoms with Crippen LogP contribution in [0.1, 0.15) is 18.4 Å². The van der Waals surface area contributed by atoms with Gasteiger partial charge in [-0.3, -0.25) is 0 Å². The lowest BCUT2D eigenvalue weighted by Gasteiger charge is -2.05. The molecule has 2 heterocycles. The van der Waals surface area contributed by atoms with Gasteiger partial charge in [-0.25, -0.2) is 9.97 Å². The van der Waals surface area contributed by atoms with Gasteiger partial charge in [-0.05, 0) is 6.92 Å². The monoisotopic (exact) mass is 218 g/mol. The van der Waals surface area contributed by atoms with Crippen LogP contribution in [0.2, 0.25) is 0 Å². The molecule has 0 bridgehead atoms. The number of nitrogen functional groups attached to an aromatic ring is 2. The first-order chi connectivity index (χ1) is 7.69. The van der Waals surface area contributed by atoms with Crippen molar-refractivity contribution in [2.45, 2.75) is 19.9 Å². The van der Waals surface area contributed by atoms with E-state index in [1.807, 2.05) is 6.20 Å². The van der Waals surface area contributed by atoms with Gasteiger partial charge < -0.3 is 16.0 Å². The van der Waals surface area contributed by atoms with E-state index in [1.54, 1.807) is 12.3 Å². The predicted octanol–water partition coefficient (Wildman–Crippen LogP) is 0.448. The lowest BCUT2D eigenvalue weighted by molar-refractivity contribution is 0.708. The summed E-state index contributed by atoms with van der Waals surface area (Å²) in [6.45, 7) is 2.94. The Balaban J connectivity index is 2.26. The number of nitrogens with two attached hydrogens (primary N) is 2. The third-order valence-corrected chi connectivity index (χ3v) is 2.30. The fourth-order valence-electron chi connectivity index (χ4n) is 1.59. The summed E-state index contributed by atoms with van der Waals surface area (Å²) in [6, 6.07) is 1.71. The molecule has 16 heavy (non-hydrogen) atoms. The zero-order valence-electron chi connectivity index (χ0n) is 9.09. The summed E-state index contributed by atoms with van der Waals surface area (Å²) in [5.74, 6) is 1.53. The SMILES string of the molecule is CCn1ccnc1Cc1cc(N)nc(N)n1. The molecule has 0 amide bonds. The van der Waals surface area contributed by atoms with Crippen LogP contribution in [0.25, 0.3) is 0 Å². The van der Waals surface area contributed by atoms with Crippen molar-refractivity contribution in [3.63, 3.8) is 0 Å². The lowest BCUT2D eigenvalue weighted by Crippen LogP contribution is -2.06. The minimum absolute atomic E-state index is 0.199. The molecule has 2 rings (SSSR count). The molecule has 0 atom stereocenters. The predicted molar refractivity (Wildman–Crippen MR) is 61.6 cm³/mol. The molecule has 2 aromatic heterocycles. The van der Waals surface area contributed by atoms with E-state index < -0.39 is 0 Å². The molecule has 0 saturated carbocycles. The molecule has 0 radical (unpaired) electrons. The molecule has 6 heteroatoms. The molecule has 0 aliphatic heterocycles. The molecule has 2 aromatic rings. The molecule has 6 nitrogen and oxygen atoms in total. The van der Waals surface area contributed by atoms with Gasteiger partial charge in [0.05, 0.1) is 5.69 Å². The van der Waals surface area contributed by atoms with Crippen LogP contribution in [0.3, 0.4) is 0 Å². The average Bonchev–Trinajstić information content (AvgIpc) is 2.63. The average molecular weight is 218 g/mol. The number of aryl methyl sites for hydroxylation is 1. The van der Waals surface area contributed by atoms with Crippen molar-refractivity contribution in [3.05, 3.63) is 30.0 Å². The van der Waals surface area contributed by atoms with Gasteiger partial charge >= 0.3 is 0 Å². The van der Waals surface area contributed by atoms with Gasteiger partial charge in [-0.1, -0.05) is 0 Å². The Morgan fingerprint density at radius 3 is 2.81 bits per heavy atom. The van der Waals surface area contributed by atoms with Crippen molar-refractivity contribution in [1.82, 2.24) is 19.5 Å². The summed E-state index contributed by atoms with van der Waals surface area (Å²) < 4.78 is 2.05. The van der Waals surface area contributed by atoms with Gasteiger partial charge in [-0.2, -0.15) is 4.98 Å². The van der Waals surface area contributed by atoms with Crippen LogP contribution in [0.4, 0.5) is 11.8 Å². The zero-order chi connectivity index (χ0) is 11.5. The highest BCUT2D eigenvalue weighted by Crippen LogP contribution is 2.09. The van der Waals surface area contributed by atoms with E-state index in [-0.39, 0.29) is 5.95 Å². The quantitative estimate of drug-likeness (QED) is 0.779. The molecule has 4 N–H and O–H groups in total. The number of nitrogens with zero attached hydrogens (tertiary/aromatic N) is 4. The van der Waals surface area contributed by atoms with Crippen LogP contribution in [-0.4, -0.2) is 19.5 Å². The highest BCUT2D eigenvalue weighted by molar-refractivity contribution is 5.36. The van der Waals surface area contributed by atoms with E-state index in [0.29, 0.717) is 12.2 Å². The summed E-state index contributed by atoms with van der Waals surface area (Å²) >= 11 is 0. The van der Waals surface area contributed by atoms with Crippen molar-refractivity contribution >= 4 is 11.8 Å². The normalized spacial score (nSPS) is 10.6. The van der Waals surface area contributed by atoms with Crippen molar-refractivity contribution in [2.75, 3.05) is 11.5 Å². The fourth-order valence-corrected chi connectivity index (χ4v) is 1.59. The van der Waals surface area contributed by atoms with E-state index in [4.69, 9.17) is 11.5 Å². The second kappa shape index (κ2) is 4.18. The molecular weight excluding hydrogens is 204 g/mol. The lowest BCUT2D eigenvalue weighted by atomic mass is 10.3. The van der Waals surface area contributed by atoms with E-state index >= 15 is 0 Å². The second-order valence-electron chi connectivity index (χ2n) is 3.45. The van der Waals surface area contributed by atoms with Crippen LogP contribution in [-0.2, 0) is 13.0 Å². The minimum atomic E-state index is 0.199. The molecule has 0 unspecified atom stereocenters. The number of imidazole rings is 1. The molecule has 0 fully saturated rings. The first kappa shape index (κ1) is 10.4. The Morgan fingerprint density at radius 1 is 1.31 bits per heavy atom. The number of aromatic nitrogens is 4. The van der Waals surface area contributed by atoms with Gasteiger partial charge in [0, 0.05) is 31.4 Å². The number of anilines is 2. The van der Waals surface area contributed by atoms with E-state index in [0.717, 1.165) is 18.1 Å². The van der Waals surface area contributed by atoms with Gasteiger partial charge in [0.15, 0.2) is 0 Å². The minimum Gasteiger partial charge on any atom is -0.384 e. The number of hydrogen-bond donors (Lipinski definition) is 2. The molecule has 0 aromatic carbocycles. The Labute approximate surface area is 93.3 Å². The number of hydrogen-bond acceptors (Lipinski definition) is 5. The van der Waals surface area contributed by atoms with Gasteiger partial charge in [0.2, 0.25) is 5.95 Å². The first-order valence-corrected chi connectivity index (χ1v) is 5.08. The standard InChI is InChI=1S/C10H14N6/c1-2-16-4-3-13-9(16)6-7-5-8(11)15-10(12)14-7/h3-5H,2,6H2,1H3,(H4,11,12,14,15). The third kappa shape index (κ3) is 2.10. The molecule has 0 aliphatic rings. The van der Waals surface area contributed by atoms with Crippen LogP contribution in [0, 0.1) is 0 Å². The van der Waals surface area contributed by atoms with Gasteiger partial charge in [0.25, 0.3) is 0 Å². The summed E-state index contributed by atoms with van der Waals surface area (Å²) in [4.78, 5) is 12.2. The third-order valence-electron chi connectivity index (χ3n) is 2.30. The Morgan fingerprint density at radius 2 is 2.12 bits per heavy atom. The Hall–Kier alpha value is -2.11. The van der Waals surface area contributed by atoms with Crippen LogP contribution in [0.5, 0.6) is 0 Å². The van der Waals surface area contributed by atoms with Crippen molar-refractivity contribution < 1.29 is 0 Å². The maximum atomic E-state index is 5.60. The largest absolute Gasteiger partial charge is 0.384 e.